The van der Waals surface area contributed by atoms with E-state index in [0.29, 0.717) is 18.0 Å². The highest BCUT2D eigenvalue weighted by atomic mass is 16.6. The summed E-state index contributed by atoms with van der Waals surface area (Å²) in [5.74, 6) is 0.0900. The zero-order valence-electron chi connectivity index (χ0n) is 11.3. The maximum atomic E-state index is 12.1. The standard InChI is InChI=1S/C13H16N4O3/c1-3-19-10-6-4-9(5-7-10)15-13(18)8(2)11-12(14)17-20-16-11/h4-8H,3H2,1-2H3,(H2,14,17)(H,15,18). The van der Waals surface area contributed by atoms with E-state index in [2.05, 4.69) is 20.3 Å². The second-order valence-corrected chi connectivity index (χ2v) is 4.20. The molecule has 3 N–H and O–H groups in total. The average molecular weight is 276 g/mol. The number of aromatic nitrogens is 2. The summed E-state index contributed by atoms with van der Waals surface area (Å²) < 4.78 is 9.82. The van der Waals surface area contributed by atoms with Crippen molar-refractivity contribution in [2.45, 2.75) is 19.8 Å². The fourth-order valence-electron chi connectivity index (χ4n) is 1.68. The Bertz CT molecular complexity index is 580. The van der Waals surface area contributed by atoms with Crippen molar-refractivity contribution in [1.29, 1.82) is 0 Å². The van der Waals surface area contributed by atoms with E-state index in [1.807, 2.05) is 6.92 Å². The Balaban J connectivity index is 2.02. The van der Waals surface area contributed by atoms with Gasteiger partial charge < -0.3 is 15.8 Å². The molecule has 0 spiro atoms. The van der Waals surface area contributed by atoms with Crippen LogP contribution in [0, 0.1) is 0 Å². The first-order valence-corrected chi connectivity index (χ1v) is 6.23. The Labute approximate surface area is 116 Å². The SMILES string of the molecule is CCOc1ccc(NC(=O)C(C)c2nonc2N)cc1. The monoisotopic (exact) mass is 276 g/mol. The van der Waals surface area contributed by atoms with Gasteiger partial charge in [0.2, 0.25) is 5.91 Å². The molecule has 7 nitrogen and oxygen atoms in total. The quantitative estimate of drug-likeness (QED) is 0.863. The van der Waals surface area contributed by atoms with Gasteiger partial charge in [-0.05, 0) is 43.3 Å². The van der Waals surface area contributed by atoms with Crippen molar-refractivity contribution < 1.29 is 14.2 Å². The van der Waals surface area contributed by atoms with Gasteiger partial charge in [0.25, 0.3) is 0 Å². The topological polar surface area (TPSA) is 103 Å². The van der Waals surface area contributed by atoms with Crippen molar-refractivity contribution >= 4 is 17.4 Å². The number of carbonyl (C=O) groups is 1. The average Bonchev–Trinajstić information content (AvgIpc) is 2.86. The predicted octanol–water partition coefficient (Wildman–Crippen LogP) is 1.79. The van der Waals surface area contributed by atoms with Crippen LogP contribution in [-0.2, 0) is 4.79 Å². The van der Waals surface area contributed by atoms with Crippen molar-refractivity contribution in [1.82, 2.24) is 10.3 Å². The molecule has 20 heavy (non-hydrogen) atoms. The van der Waals surface area contributed by atoms with E-state index in [0.717, 1.165) is 5.75 Å². The van der Waals surface area contributed by atoms with Gasteiger partial charge in [0.1, 0.15) is 11.4 Å². The van der Waals surface area contributed by atoms with Gasteiger partial charge in [-0.2, -0.15) is 0 Å². The van der Waals surface area contributed by atoms with Gasteiger partial charge in [0.15, 0.2) is 5.82 Å². The third-order valence-electron chi connectivity index (χ3n) is 2.78. The summed E-state index contributed by atoms with van der Waals surface area (Å²) in [5, 5.41) is 9.85. The fourth-order valence-corrected chi connectivity index (χ4v) is 1.68. The fraction of sp³-hybridized carbons (Fsp3) is 0.308. The highest BCUT2D eigenvalue weighted by Gasteiger charge is 2.22. The molecule has 0 fully saturated rings. The highest BCUT2D eigenvalue weighted by molar-refractivity contribution is 5.95. The molecule has 1 unspecified atom stereocenters. The van der Waals surface area contributed by atoms with Gasteiger partial charge >= 0.3 is 0 Å². The van der Waals surface area contributed by atoms with Crippen molar-refractivity contribution in [2.75, 3.05) is 17.7 Å². The van der Waals surface area contributed by atoms with Crippen LogP contribution in [0.2, 0.25) is 0 Å². The second kappa shape index (κ2) is 6.05. The van der Waals surface area contributed by atoms with Crippen molar-refractivity contribution in [3.8, 4) is 5.75 Å². The molecule has 0 radical (unpaired) electrons. The number of carbonyl (C=O) groups excluding carboxylic acids is 1. The van der Waals surface area contributed by atoms with Crippen LogP contribution in [0.15, 0.2) is 28.9 Å². The van der Waals surface area contributed by atoms with E-state index >= 15 is 0 Å². The molecular weight excluding hydrogens is 260 g/mol. The molecule has 0 bridgehead atoms. The van der Waals surface area contributed by atoms with Gasteiger partial charge in [-0.15, -0.1) is 0 Å². The van der Waals surface area contributed by atoms with Crippen molar-refractivity contribution in [3.05, 3.63) is 30.0 Å². The first-order chi connectivity index (χ1) is 9.61. The zero-order valence-corrected chi connectivity index (χ0v) is 11.3. The summed E-state index contributed by atoms with van der Waals surface area (Å²) in [6.07, 6.45) is 0. The van der Waals surface area contributed by atoms with Gasteiger partial charge in [-0.3, -0.25) is 4.79 Å². The molecule has 0 aliphatic heterocycles. The van der Waals surface area contributed by atoms with Gasteiger partial charge in [-0.1, -0.05) is 5.16 Å². The number of hydrogen-bond donors (Lipinski definition) is 2. The van der Waals surface area contributed by atoms with Gasteiger partial charge in [0.05, 0.1) is 12.5 Å². The lowest BCUT2D eigenvalue weighted by Crippen LogP contribution is -2.19. The van der Waals surface area contributed by atoms with E-state index in [1.54, 1.807) is 31.2 Å². The van der Waals surface area contributed by atoms with Crippen molar-refractivity contribution in [3.63, 3.8) is 0 Å². The molecule has 1 aromatic heterocycles. The van der Waals surface area contributed by atoms with Gasteiger partial charge in [-0.25, -0.2) is 4.63 Å². The minimum Gasteiger partial charge on any atom is -0.494 e. The van der Waals surface area contributed by atoms with E-state index in [9.17, 15) is 4.79 Å². The molecule has 2 rings (SSSR count). The first-order valence-electron chi connectivity index (χ1n) is 6.23. The van der Waals surface area contributed by atoms with Crippen LogP contribution >= 0.6 is 0 Å². The summed E-state index contributed by atoms with van der Waals surface area (Å²) in [7, 11) is 0. The van der Waals surface area contributed by atoms with Crippen LogP contribution in [0.3, 0.4) is 0 Å². The van der Waals surface area contributed by atoms with Crippen LogP contribution in [0.5, 0.6) is 5.75 Å². The molecule has 7 heteroatoms. The summed E-state index contributed by atoms with van der Waals surface area (Å²) >= 11 is 0. The third kappa shape index (κ3) is 3.05. The maximum absolute atomic E-state index is 12.1. The lowest BCUT2D eigenvalue weighted by molar-refractivity contribution is -0.117. The molecule has 0 saturated heterocycles. The number of hydrogen-bond acceptors (Lipinski definition) is 6. The number of rotatable bonds is 5. The molecule has 1 atom stereocenters. The summed E-state index contributed by atoms with van der Waals surface area (Å²) in [6.45, 7) is 4.19. The van der Waals surface area contributed by atoms with Crippen LogP contribution < -0.4 is 15.8 Å². The summed E-state index contributed by atoms with van der Waals surface area (Å²) in [4.78, 5) is 12.1. The number of nitrogens with one attached hydrogen (secondary N) is 1. The van der Waals surface area contributed by atoms with Crippen LogP contribution in [0.1, 0.15) is 25.5 Å². The minimum atomic E-state index is -0.548. The number of nitrogens with two attached hydrogens (primary N) is 1. The lowest BCUT2D eigenvalue weighted by atomic mass is 10.1. The predicted molar refractivity (Wildman–Crippen MR) is 73.4 cm³/mol. The molecule has 1 aromatic carbocycles. The molecule has 0 saturated carbocycles. The Kier molecular flexibility index (Phi) is 4.19. The summed E-state index contributed by atoms with van der Waals surface area (Å²) in [6, 6.07) is 7.10. The number of amides is 1. The number of nitrogen functional groups attached to an aromatic ring is 1. The molecule has 1 amide bonds. The molecule has 0 aliphatic carbocycles. The Morgan fingerprint density at radius 1 is 1.40 bits per heavy atom. The zero-order chi connectivity index (χ0) is 14.5. The van der Waals surface area contributed by atoms with E-state index in [4.69, 9.17) is 10.5 Å². The van der Waals surface area contributed by atoms with E-state index in [-0.39, 0.29) is 11.7 Å². The van der Waals surface area contributed by atoms with Crippen LogP contribution in [0.4, 0.5) is 11.5 Å². The summed E-state index contributed by atoms with van der Waals surface area (Å²) in [5.41, 5.74) is 6.56. The highest BCUT2D eigenvalue weighted by Crippen LogP contribution is 2.21. The first kappa shape index (κ1) is 13.9. The van der Waals surface area contributed by atoms with E-state index in [1.165, 1.54) is 0 Å². The molecule has 106 valence electrons. The largest absolute Gasteiger partial charge is 0.494 e. The number of ether oxygens (including phenoxy) is 1. The molecule has 0 aliphatic rings. The Morgan fingerprint density at radius 3 is 2.65 bits per heavy atom. The number of benzene rings is 1. The second-order valence-electron chi connectivity index (χ2n) is 4.20. The smallest absolute Gasteiger partial charge is 0.233 e. The molecule has 1 heterocycles. The lowest BCUT2D eigenvalue weighted by Gasteiger charge is -2.10. The third-order valence-corrected chi connectivity index (χ3v) is 2.78. The number of nitrogens with zero attached hydrogens (tertiary/aromatic N) is 2. The molecule has 2 aromatic rings. The number of anilines is 2. The minimum absolute atomic E-state index is 0.124. The normalized spacial score (nSPS) is 11.9. The Morgan fingerprint density at radius 2 is 2.10 bits per heavy atom. The van der Waals surface area contributed by atoms with Gasteiger partial charge in [0, 0.05) is 5.69 Å². The van der Waals surface area contributed by atoms with Crippen LogP contribution in [0.25, 0.3) is 0 Å². The maximum Gasteiger partial charge on any atom is 0.233 e. The van der Waals surface area contributed by atoms with Crippen molar-refractivity contribution in [2.24, 2.45) is 0 Å². The Hall–Kier alpha value is -2.57. The van der Waals surface area contributed by atoms with Crippen LogP contribution in [-0.4, -0.2) is 22.8 Å². The van der Waals surface area contributed by atoms with E-state index < -0.39 is 5.92 Å². The molecular formula is C13H16N4O3.